The minimum absolute atomic E-state index is 0.000580. The van der Waals surface area contributed by atoms with E-state index in [9.17, 15) is 29.1 Å². The van der Waals surface area contributed by atoms with E-state index >= 15 is 0 Å². The van der Waals surface area contributed by atoms with Crippen LogP contribution in [0.25, 0.3) is 6.08 Å². The molecule has 3 amide bonds. The number of amides is 3. The van der Waals surface area contributed by atoms with E-state index in [2.05, 4.69) is 5.32 Å². The first-order chi connectivity index (χ1) is 24.2. The van der Waals surface area contributed by atoms with E-state index in [-0.39, 0.29) is 45.1 Å². The largest absolute Gasteiger partial charge is 0.460 e. The van der Waals surface area contributed by atoms with Crippen LogP contribution in [0.15, 0.2) is 30.3 Å². The van der Waals surface area contributed by atoms with E-state index in [4.69, 9.17) is 23.8 Å². The molecule has 4 heterocycles. The predicted molar refractivity (Wildman–Crippen MR) is 179 cm³/mol. The zero-order valence-electron chi connectivity index (χ0n) is 29.7. The first kappa shape index (κ1) is 36.9. The van der Waals surface area contributed by atoms with Gasteiger partial charge in [-0.1, -0.05) is 24.3 Å². The summed E-state index contributed by atoms with van der Waals surface area (Å²) >= 11 is 0. The van der Waals surface area contributed by atoms with Crippen LogP contribution in [0.1, 0.15) is 64.0 Å². The van der Waals surface area contributed by atoms with Crippen molar-refractivity contribution in [1.29, 1.82) is 0 Å². The Morgan fingerprint density at radius 2 is 1.86 bits per heavy atom. The van der Waals surface area contributed by atoms with Gasteiger partial charge in [-0.3, -0.25) is 28.8 Å². The fraction of sp³-hybridized carbons (Fsp3) is 0.639. The zero-order chi connectivity index (χ0) is 36.7. The summed E-state index contributed by atoms with van der Waals surface area (Å²) in [4.78, 5) is 76.3. The van der Waals surface area contributed by atoms with Gasteiger partial charge in [-0.05, 0) is 57.2 Å². The number of fused-ring (bicyclic) bond motifs is 4. The molecule has 4 saturated heterocycles. The normalized spacial score (nSPS) is 30.5. The molecule has 1 aliphatic carbocycles. The van der Waals surface area contributed by atoms with Gasteiger partial charge in [-0.15, -0.1) is 0 Å². The van der Waals surface area contributed by atoms with Crippen molar-refractivity contribution in [1.82, 2.24) is 20.2 Å². The summed E-state index contributed by atoms with van der Waals surface area (Å²) in [5.74, 6) is -2.04. The lowest BCUT2D eigenvalue weighted by Gasteiger charge is -2.50. The number of carbonyl (C=O) groups is 5. The Kier molecular flexibility index (Phi) is 10.6. The molecule has 15 heteroatoms. The van der Waals surface area contributed by atoms with Gasteiger partial charge < -0.3 is 39.2 Å². The molecule has 2 bridgehead atoms. The molecule has 8 atom stereocenters. The number of aliphatic hydroxyl groups is 1. The number of hydroxylamine groups is 2. The number of aliphatic hydroxyl groups excluding tert-OH is 1. The van der Waals surface area contributed by atoms with E-state index in [0.717, 1.165) is 11.1 Å². The molecule has 6 rings (SSSR count). The second kappa shape index (κ2) is 14.6. The van der Waals surface area contributed by atoms with E-state index in [1.165, 1.54) is 20.9 Å². The summed E-state index contributed by atoms with van der Waals surface area (Å²) in [6.07, 6.45) is 1.53. The van der Waals surface area contributed by atoms with Crippen LogP contribution in [0.2, 0.25) is 0 Å². The average molecular weight is 713 g/mol. The average Bonchev–Trinajstić information content (AvgIpc) is 3.83. The monoisotopic (exact) mass is 712 g/mol. The van der Waals surface area contributed by atoms with Crippen molar-refractivity contribution < 1.29 is 52.9 Å². The highest BCUT2D eigenvalue weighted by Crippen LogP contribution is 2.56. The van der Waals surface area contributed by atoms with Crippen LogP contribution in [-0.2, 0) is 54.3 Å². The highest BCUT2D eigenvalue weighted by Gasteiger charge is 2.75. The molecule has 1 aromatic carbocycles. The van der Waals surface area contributed by atoms with Crippen molar-refractivity contribution in [2.24, 2.45) is 5.41 Å². The number of benzene rings is 1. The zero-order valence-corrected chi connectivity index (χ0v) is 29.7. The van der Waals surface area contributed by atoms with Crippen LogP contribution in [-0.4, -0.2) is 132 Å². The highest BCUT2D eigenvalue weighted by molar-refractivity contribution is 5.96. The predicted octanol–water partition coefficient (Wildman–Crippen LogP) is 0.919. The Hall–Kier alpha value is -3.89. The lowest BCUT2D eigenvalue weighted by molar-refractivity contribution is -0.204. The third kappa shape index (κ3) is 7.40. The molecular weight excluding hydrogens is 664 g/mol. The number of carbonyl (C=O) groups excluding carboxylic acids is 5. The topological polar surface area (TPSA) is 173 Å². The van der Waals surface area contributed by atoms with Crippen molar-refractivity contribution in [3.05, 3.63) is 41.5 Å². The van der Waals surface area contributed by atoms with Gasteiger partial charge in [0.1, 0.15) is 48.3 Å². The minimum atomic E-state index is -1.42. The quantitative estimate of drug-likeness (QED) is 0.246. The summed E-state index contributed by atoms with van der Waals surface area (Å²) in [6, 6.07) is 4.71. The van der Waals surface area contributed by atoms with Crippen LogP contribution in [0.5, 0.6) is 0 Å². The molecule has 1 aromatic rings. The SMILES string of the molecule is CN(C)C(=O)C=Cc1ccc(CN2OC3C4OCOC4C4CC3(C(=O)N3CCCC3C(=O)NC(CO)CCC(=O)OC(C)(C)C)C2C(=O)O4)cc1. The maximum Gasteiger partial charge on any atom is 0.327 e. The minimum Gasteiger partial charge on any atom is -0.460 e. The van der Waals surface area contributed by atoms with E-state index < -0.39 is 83.9 Å². The maximum atomic E-state index is 14.9. The molecule has 5 aliphatic rings. The van der Waals surface area contributed by atoms with Gasteiger partial charge in [0, 0.05) is 39.6 Å². The second-order valence-corrected chi connectivity index (χ2v) is 15.1. The summed E-state index contributed by atoms with van der Waals surface area (Å²) in [5.41, 5.74) is -0.474. The molecule has 2 N–H and O–H groups in total. The number of hydrogen-bond acceptors (Lipinski definition) is 12. The molecule has 0 aromatic heterocycles. The van der Waals surface area contributed by atoms with Crippen LogP contribution >= 0.6 is 0 Å². The molecule has 8 unspecified atom stereocenters. The molecule has 5 fully saturated rings. The Balaban J connectivity index is 1.21. The van der Waals surface area contributed by atoms with Crippen molar-refractivity contribution in [2.45, 2.75) is 108 Å². The Morgan fingerprint density at radius 3 is 2.55 bits per heavy atom. The van der Waals surface area contributed by atoms with Crippen LogP contribution in [0.4, 0.5) is 0 Å². The lowest BCUT2D eigenvalue weighted by atomic mass is 9.62. The molecule has 0 spiro atoms. The fourth-order valence-electron chi connectivity index (χ4n) is 7.78. The van der Waals surface area contributed by atoms with Gasteiger partial charge in [0.05, 0.1) is 19.2 Å². The molecule has 0 radical (unpaired) electrons. The summed E-state index contributed by atoms with van der Waals surface area (Å²) < 4.78 is 23.0. The number of likely N-dealkylation sites (N-methyl/N-ethyl adjacent to an activating group) is 1. The number of hydrogen-bond donors (Lipinski definition) is 2. The first-order valence-electron chi connectivity index (χ1n) is 17.5. The molecule has 15 nitrogen and oxygen atoms in total. The summed E-state index contributed by atoms with van der Waals surface area (Å²) in [5, 5.41) is 14.3. The van der Waals surface area contributed by atoms with Crippen molar-refractivity contribution in [3.63, 3.8) is 0 Å². The fourth-order valence-corrected chi connectivity index (χ4v) is 7.78. The third-order valence-corrected chi connectivity index (χ3v) is 10.1. The molecule has 1 saturated carbocycles. The molecule has 278 valence electrons. The van der Waals surface area contributed by atoms with Gasteiger partial charge in [-0.2, -0.15) is 5.06 Å². The number of likely N-dealkylation sites (tertiary alicyclic amines) is 1. The van der Waals surface area contributed by atoms with Crippen LogP contribution in [0, 0.1) is 5.41 Å². The van der Waals surface area contributed by atoms with Gasteiger partial charge in [0.2, 0.25) is 17.7 Å². The van der Waals surface area contributed by atoms with Gasteiger partial charge in [0.25, 0.3) is 0 Å². The van der Waals surface area contributed by atoms with Crippen LogP contribution < -0.4 is 5.32 Å². The Labute approximate surface area is 297 Å². The lowest BCUT2D eigenvalue weighted by Crippen LogP contribution is -2.70. The Morgan fingerprint density at radius 1 is 1.14 bits per heavy atom. The van der Waals surface area contributed by atoms with Crippen molar-refractivity contribution in [2.75, 3.05) is 34.0 Å². The summed E-state index contributed by atoms with van der Waals surface area (Å²) in [7, 11) is 3.35. The molecular formula is C36H48N4O11. The van der Waals surface area contributed by atoms with Crippen LogP contribution in [0.3, 0.4) is 0 Å². The van der Waals surface area contributed by atoms with Crippen molar-refractivity contribution in [3.8, 4) is 0 Å². The van der Waals surface area contributed by atoms with Crippen molar-refractivity contribution >= 4 is 35.7 Å². The maximum absolute atomic E-state index is 14.9. The standard InChI is InChI=1S/C36H48N4O11/c1-35(2,3)50-27(43)15-13-23(19-41)37-32(44)24-7-6-16-39(24)34(46)36-17-25-28-29(48-20-47-28)31(36)51-40(30(36)33(45)49-25)18-22-10-8-21(9-11-22)12-14-26(42)38(4)5/h8-12,14,23-25,28-31,41H,6-7,13,15-20H2,1-5H3,(H,37,44). The van der Waals surface area contributed by atoms with Gasteiger partial charge >= 0.3 is 11.9 Å². The summed E-state index contributed by atoms with van der Waals surface area (Å²) in [6.45, 7) is 5.29. The number of esters is 2. The smallest absolute Gasteiger partial charge is 0.327 e. The van der Waals surface area contributed by atoms with E-state index in [1.54, 1.807) is 40.9 Å². The highest BCUT2D eigenvalue weighted by atomic mass is 16.8. The van der Waals surface area contributed by atoms with E-state index in [1.807, 2.05) is 24.3 Å². The molecule has 4 aliphatic heterocycles. The molecule has 51 heavy (non-hydrogen) atoms. The Bertz CT molecular complexity index is 1540. The third-order valence-electron chi connectivity index (χ3n) is 10.1. The second-order valence-electron chi connectivity index (χ2n) is 15.1. The number of rotatable bonds is 11. The number of nitrogens with one attached hydrogen (secondary N) is 1. The first-order valence-corrected chi connectivity index (χ1v) is 17.5. The number of ether oxygens (including phenoxy) is 4. The van der Waals surface area contributed by atoms with Gasteiger partial charge in [0.15, 0.2) is 6.04 Å². The van der Waals surface area contributed by atoms with E-state index in [0.29, 0.717) is 12.8 Å². The van der Waals surface area contributed by atoms with Gasteiger partial charge in [-0.25, -0.2) is 0 Å². The number of nitrogens with zero attached hydrogens (tertiary/aromatic N) is 3.